The molecule has 1 fully saturated rings. The second-order valence-electron chi connectivity index (χ2n) is 5.16. The SMILES string of the molecule is CCCCCCCC(=O)CN1CCCC1C. The van der Waals surface area contributed by atoms with Gasteiger partial charge in [-0.15, -0.1) is 0 Å². The van der Waals surface area contributed by atoms with Gasteiger partial charge in [0.1, 0.15) is 5.78 Å². The molecule has 0 spiro atoms. The molecule has 0 aromatic carbocycles. The lowest BCUT2D eigenvalue weighted by Gasteiger charge is -2.19. The fourth-order valence-electron chi connectivity index (χ4n) is 2.46. The molecular weight excluding hydrogens is 198 g/mol. The molecule has 1 heterocycles. The Morgan fingerprint density at radius 1 is 1.25 bits per heavy atom. The summed E-state index contributed by atoms with van der Waals surface area (Å²) >= 11 is 0. The molecule has 1 atom stereocenters. The van der Waals surface area contributed by atoms with Crippen LogP contribution in [-0.2, 0) is 4.79 Å². The van der Waals surface area contributed by atoms with E-state index < -0.39 is 0 Å². The molecule has 2 heteroatoms. The van der Waals surface area contributed by atoms with Crippen molar-refractivity contribution in [1.29, 1.82) is 0 Å². The third-order valence-electron chi connectivity index (χ3n) is 3.63. The van der Waals surface area contributed by atoms with Crippen LogP contribution < -0.4 is 0 Å². The van der Waals surface area contributed by atoms with Crippen LogP contribution in [0.5, 0.6) is 0 Å². The molecule has 1 unspecified atom stereocenters. The Bertz CT molecular complexity index is 203. The molecule has 1 saturated heterocycles. The van der Waals surface area contributed by atoms with Crippen molar-refractivity contribution < 1.29 is 4.79 Å². The third-order valence-corrected chi connectivity index (χ3v) is 3.63. The van der Waals surface area contributed by atoms with Crippen LogP contribution in [0.1, 0.15) is 65.2 Å². The predicted molar refractivity (Wildman–Crippen MR) is 68.7 cm³/mol. The summed E-state index contributed by atoms with van der Waals surface area (Å²) in [5, 5.41) is 0. The first-order valence-corrected chi connectivity index (χ1v) is 6.99. The number of carbonyl (C=O) groups excluding carboxylic acids is 1. The highest BCUT2D eigenvalue weighted by Gasteiger charge is 2.21. The van der Waals surface area contributed by atoms with Crippen molar-refractivity contribution in [3.8, 4) is 0 Å². The van der Waals surface area contributed by atoms with Crippen LogP contribution in [0, 0.1) is 0 Å². The Labute approximate surface area is 100 Å². The summed E-state index contributed by atoms with van der Waals surface area (Å²) in [4.78, 5) is 14.1. The summed E-state index contributed by atoms with van der Waals surface area (Å²) < 4.78 is 0. The summed E-state index contributed by atoms with van der Waals surface area (Å²) in [6.45, 7) is 6.29. The van der Waals surface area contributed by atoms with E-state index >= 15 is 0 Å². The monoisotopic (exact) mass is 225 g/mol. The fourth-order valence-corrected chi connectivity index (χ4v) is 2.46. The molecule has 0 N–H and O–H groups in total. The number of hydrogen-bond donors (Lipinski definition) is 0. The van der Waals surface area contributed by atoms with Crippen molar-refractivity contribution in [3.63, 3.8) is 0 Å². The van der Waals surface area contributed by atoms with Crippen molar-refractivity contribution in [1.82, 2.24) is 4.90 Å². The van der Waals surface area contributed by atoms with E-state index in [-0.39, 0.29) is 0 Å². The molecule has 0 amide bonds. The van der Waals surface area contributed by atoms with Crippen molar-refractivity contribution >= 4 is 5.78 Å². The predicted octanol–water partition coefficient (Wildman–Crippen LogP) is 3.40. The van der Waals surface area contributed by atoms with Gasteiger partial charge in [-0.1, -0.05) is 32.6 Å². The third kappa shape index (κ3) is 5.11. The van der Waals surface area contributed by atoms with E-state index in [0.717, 1.165) is 19.4 Å². The highest BCUT2D eigenvalue weighted by atomic mass is 16.1. The van der Waals surface area contributed by atoms with Crippen LogP contribution in [0.15, 0.2) is 0 Å². The van der Waals surface area contributed by atoms with Crippen molar-refractivity contribution in [2.24, 2.45) is 0 Å². The summed E-state index contributed by atoms with van der Waals surface area (Å²) in [6.07, 6.45) is 9.55. The molecule has 0 radical (unpaired) electrons. The zero-order chi connectivity index (χ0) is 11.8. The van der Waals surface area contributed by atoms with Gasteiger partial charge in [0.15, 0.2) is 0 Å². The van der Waals surface area contributed by atoms with Crippen molar-refractivity contribution in [2.45, 2.75) is 71.3 Å². The van der Waals surface area contributed by atoms with Crippen molar-refractivity contribution in [3.05, 3.63) is 0 Å². The number of rotatable bonds is 8. The van der Waals surface area contributed by atoms with Gasteiger partial charge in [0, 0.05) is 12.5 Å². The zero-order valence-corrected chi connectivity index (χ0v) is 11.0. The highest BCUT2D eigenvalue weighted by Crippen LogP contribution is 2.16. The lowest BCUT2D eigenvalue weighted by Crippen LogP contribution is -2.32. The van der Waals surface area contributed by atoms with Crippen LogP contribution in [-0.4, -0.2) is 29.8 Å². The van der Waals surface area contributed by atoms with Crippen LogP contribution in [0.4, 0.5) is 0 Å². The van der Waals surface area contributed by atoms with Gasteiger partial charge >= 0.3 is 0 Å². The van der Waals surface area contributed by atoms with Gasteiger partial charge in [-0.25, -0.2) is 0 Å². The molecule has 2 nitrogen and oxygen atoms in total. The maximum absolute atomic E-state index is 11.7. The van der Waals surface area contributed by atoms with E-state index in [4.69, 9.17) is 0 Å². The molecule has 0 aromatic rings. The van der Waals surface area contributed by atoms with Crippen LogP contribution in [0.2, 0.25) is 0 Å². The minimum atomic E-state index is 0.449. The normalized spacial score (nSPS) is 21.5. The molecule has 94 valence electrons. The van der Waals surface area contributed by atoms with E-state index in [1.165, 1.54) is 38.5 Å². The molecule has 16 heavy (non-hydrogen) atoms. The molecule has 0 aromatic heterocycles. The van der Waals surface area contributed by atoms with E-state index in [0.29, 0.717) is 18.4 Å². The van der Waals surface area contributed by atoms with Gasteiger partial charge in [0.25, 0.3) is 0 Å². The topological polar surface area (TPSA) is 20.3 Å². The first-order chi connectivity index (χ1) is 7.74. The first-order valence-electron chi connectivity index (χ1n) is 6.99. The summed E-state index contributed by atoms with van der Waals surface area (Å²) in [6, 6.07) is 0.629. The zero-order valence-electron chi connectivity index (χ0n) is 11.0. The maximum Gasteiger partial charge on any atom is 0.146 e. The number of carbonyl (C=O) groups is 1. The number of likely N-dealkylation sites (tertiary alicyclic amines) is 1. The van der Waals surface area contributed by atoms with Crippen LogP contribution >= 0.6 is 0 Å². The molecule has 1 rings (SSSR count). The van der Waals surface area contributed by atoms with Gasteiger partial charge in [-0.05, 0) is 32.7 Å². The van der Waals surface area contributed by atoms with Gasteiger partial charge in [0.2, 0.25) is 0 Å². The standard InChI is InChI=1S/C14H27NO/c1-3-4-5-6-7-10-14(16)12-15-11-8-9-13(15)2/h13H,3-12H2,1-2H3. The van der Waals surface area contributed by atoms with Gasteiger partial charge < -0.3 is 0 Å². The first kappa shape index (κ1) is 13.7. The second kappa shape index (κ2) is 7.83. The number of nitrogens with zero attached hydrogens (tertiary/aromatic N) is 1. The largest absolute Gasteiger partial charge is 0.298 e. The Morgan fingerprint density at radius 3 is 2.62 bits per heavy atom. The molecular formula is C14H27NO. The lowest BCUT2D eigenvalue weighted by molar-refractivity contribution is -0.120. The Balaban J connectivity index is 2.02. The van der Waals surface area contributed by atoms with Gasteiger partial charge in [0.05, 0.1) is 6.54 Å². The van der Waals surface area contributed by atoms with Gasteiger partial charge in [-0.2, -0.15) is 0 Å². The number of unbranched alkanes of at least 4 members (excludes halogenated alkanes) is 4. The highest BCUT2D eigenvalue weighted by molar-refractivity contribution is 5.80. The average Bonchev–Trinajstić information content (AvgIpc) is 2.64. The summed E-state index contributed by atoms with van der Waals surface area (Å²) in [5.41, 5.74) is 0. The minimum Gasteiger partial charge on any atom is -0.298 e. The Morgan fingerprint density at radius 2 is 2.00 bits per heavy atom. The van der Waals surface area contributed by atoms with Crippen LogP contribution in [0.25, 0.3) is 0 Å². The lowest BCUT2D eigenvalue weighted by atomic mass is 10.1. The van der Waals surface area contributed by atoms with Gasteiger partial charge in [-0.3, -0.25) is 9.69 Å². The second-order valence-corrected chi connectivity index (χ2v) is 5.16. The average molecular weight is 225 g/mol. The summed E-state index contributed by atoms with van der Waals surface area (Å²) in [5.74, 6) is 0.449. The number of Topliss-reactive ketones (excluding diaryl/α,β-unsaturated/α-hetero) is 1. The molecule has 1 aliphatic rings. The Kier molecular flexibility index (Phi) is 6.70. The Hall–Kier alpha value is -0.370. The maximum atomic E-state index is 11.7. The molecule has 0 aliphatic carbocycles. The smallest absolute Gasteiger partial charge is 0.146 e. The van der Waals surface area contributed by atoms with Crippen LogP contribution in [0.3, 0.4) is 0 Å². The van der Waals surface area contributed by atoms with E-state index in [1.807, 2.05) is 0 Å². The van der Waals surface area contributed by atoms with Crippen molar-refractivity contribution in [2.75, 3.05) is 13.1 Å². The van der Waals surface area contributed by atoms with E-state index in [1.54, 1.807) is 0 Å². The van der Waals surface area contributed by atoms with E-state index in [9.17, 15) is 4.79 Å². The number of ketones is 1. The molecule has 1 aliphatic heterocycles. The quantitative estimate of drug-likeness (QED) is 0.590. The van der Waals surface area contributed by atoms with E-state index in [2.05, 4.69) is 18.7 Å². The number of hydrogen-bond acceptors (Lipinski definition) is 2. The minimum absolute atomic E-state index is 0.449. The molecule has 0 saturated carbocycles. The molecule has 0 bridgehead atoms. The summed E-state index contributed by atoms with van der Waals surface area (Å²) in [7, 11) is 0. The fraction of sp³-hybridized carbons (Fsp3) is 0.929.